The molecular weight excluding hydrogens is 202 g/mol. The first-order valence-electron chi connectivity index (χ1n) is 5.95. The summed E-state index contributed by atoms with van der Waals surface area (Å²) >= 11 is 0. The van der Waals surface area contributed by atoms with Gasteiger partial charge >= 0.3 is 0 Å². The summed E-state index contributed by atoms with van der Waals surface area (Å²) in [5, 5.41) is 21.1. The molecule has 2 rings (SSSR count). The molecule has 2 N–H and O–H groups in total. The van der Waals surface area contributed by atoms with Crippen LogP contribution in [0.25, 0.3) is 0 Å². The van der Waals surface area contributed by atoms with Crippen molar-refractivity contribution in [1.29, 1.82) is 0 Å². The van der Waals surface area contributed by atoms with Crippen molar-refractivity contribution < 1.29 is 10.3 Å². The predicted octanol–water partition coefficient (Wildman–Crippen LogP) is 2.18. The number of hydrogen-bond acceptors (Lipinski definition) is 3. The highest BCUT2D eigenvalue weighted by Gasteiger charge is 2.27. The standard InChI is InChI=1S/C13H19NO2/c15-13-9-5-4-8-12(13)14(16)10-11-6-2-1-3-7-11/h1-3,6-7,12-13,15-16H,4-5,8-10H2/t12-,13-/m1/s1. The van der Waals surface area contributed by atoms with Crippen molar-refractivity contribution in [2.45, 2.75) is 44.4 Å². The molecule has 0 amide bonds. The van der Waals surface area contributed by atoms with E-state index >= 15 is 0 Å². The Morgan fingerprint density at radius 3 is 2.50 bits per heavy atom. The molecule has 3 nitrogen and oxygen atoms in total. The minimum absolute atomic E-state index is 0.103. The minimum Gasteiger partial charge on any atom is -0.391 e. The van der Waals surface area contributed by atoms with Gasteiger partial charge in [-0.15, -0.1) is 0 Å². The van der Waals surface area contributed by atoms with Crippen LogP contribution in [-0.4, -0.2) is 27.5 Å². The van der Waals surface area contributed by atoms with Gasteiger partial charge < -0.3 is 10.3 Å². The maximum absolute atomic E-state index is 9.97. The Bertz CT molecular complexity index is 315. The average molecular weight is 221 g/mol. The van der Waals surface area contributed by atoms with Gasteiger partial charge in [0, 0.05) is 6.54 Å². The van der Waals surface area contributed by atoms with E-state index < -0.39 is 0 Å². The first-order valence-corrected chi connectivity index (χ1v) is 5.95. The quantitative estimate of drug-likeness (QED) is 0.769. The van der Waals surface area contributed by atoms with Gasteiger partial charge in [0.15, 0.2) is 0 Å². The number of aliphatic hydroxyl groups excluding tert-OH is 1. The molecule has 1 aromatic carbocycles. The molecule has 0 radical (unpaired) electrons. The Balaban J connectivity index is 1.94. The second-order valence-electron chi connectivity index (χ2n) is 4.50. The summed E-state index contributed by atoms with van der Waals surface area (Å²) in [6.07, 6.45) is 3.45. The summed E-state index contributed by atoms with van der Waals surface area (Å²) in [5.74, 6) is 0. The smallest absolute Gasteiger partial charge is 0.0718 e. The van der Waals surface area contributed by atoms with Crippen molar-refractivity contribution >= 4 is 0 Å². The van der Waals surface area contributed by atoms with Crippen molar-refractivity contribution in [3.05, 3.63) is 35.9 Å². The molecular formula is C13H19NO2. The molecule has 0 aliphatic heterocycles. The number of hydroxylamine groups is 2. The second-order valence-corrected chi connectivity index (χ2v) is 4.50. The lowest BCUT2D eigenvalue weighted by Crippen LogP contribution is -2.43. The van der Waals surface area contributed by atoms with Crippen molar-refractivity contribution in [1.82, 2.24) is 5.06 Å². The summed E-state index contributed by atoms with van der Waals surface area (Å²) in [6.45, 7) is 0.489. The minimum atomic E-state index is -0.387. The van der Waals surface area contributed by atoms with Crippen LogP contribution in [0.15, 0.2) is 30.3 Å². The van der Waals surface area contributed by atoms with Crippen LogP contribution in [0.2, 0.25) is 0 Å². The van der Waals surface area contributed by atoms with E-state index in [1.54, 1.807) is 0 Å². The summed E-state index contributed by atoms with van der Waals surface area (Å²) in [4.78, 5) is 0. The molecule has 0 heterocycles. The first kappa shape index (κ1) is 11.6. The monoisotopic (exact) mass is 221 g/mol. The van der Waals surface area contributed by atoms with Crippen molar-refractivity contribution in [3.63, 3.8) is 0 Å². The van der Waals surface area contributed by atoms with E-state index in [-0.39, 0.29) is 12.1 Å². The highest BCUT2D eigenvalue weighted by atomic mass is 16.5. The SMILES string of the molecule is O[C@@H]1CCCC[C@H]1N(O)Cc1ccccc1. The Hall–Kier alpha value is -0.900. The molecule has 2 atom stereocenters. The Kier molecular flexibility index (Phi) is 3.93. The highest BCUT2D eigenvalue weighted by molar-refractivity contribution is 5.14. The van der Waals surface area contributed by atoms with E-state index in [4.69, 9.17) is 0 Å². The lowest BCUT2D eigenvalue weighted by molar-refractivity contribution is -0.171. The third-order valence-corrected chi connectivity index (χ3v) is 3.26. The molecule has 88 valence electrons. The maximum atomic E-state index is 9.97. The fourth-order valence-corrected chi connectivity index (χ4v) is 2.33. The molecule has 0 bridgehead atoms. The predicted molar refractivity (Wildman–Crippen MR) is 62.0 cm³/mol. The lowest BCUT2D eigenvalue weighted by atomic mass is 9.92. The van der Waals surface area contributed by atoms with Crippen LogP contribution in [0, 0.1) is 0 Å². The van der Waals surface area contributed by atoms with E-state index in [1.165, 1.54) is 5.06 Å². The van der Waals surface area contributed by atoms with Gasteiger partial charge in [0.2, 0.25) is 0 Å². The van der Waals surface area contributed by atoms with Crippen LogP contribution >= 0.6 is 0 Å². The van der Waals surface area contributed by atoms with E-state index in [0.29, 0.717) is 6.54 Å². The highest BCUT2D eigenvalue weighted by Crippen LogP contribution is 2.23. The molecule has 1 aliphatic rings. The lowest BCUT2D eigenvalue weighted by Gasteiger charge is -2.33. The number of benzene rings is 1. The zero-order valence-electron chi connectivity index (χ0n) is 9.42. The molecule has 0 unspecified atom stereocenters. The first-order chi connectivity index (χ1) is 7.77. The Morgan fingerprint density at radius 2 is 1.81 bits per heavy atom. The number of aliphatic hydroxyl groups is 1. The van der Waals surface area contributed by atoms with Gasteiger partial charge in [-0.25, -0.2) is 0 Å². The molecule has 1 fully saturated rings. The van der Waals surface area contributed by atoms with E-state index in [9.17, 15) is 10.3 Å². The van der Waals surface area contributed by atoms with Crippen LogP contribution in [0.5, 0.6) is 0 Å². The van der Waals surface area contributed by atoms with Gasteiger partial charge in [0.25, 0.3) is 0 Å². The third-order valence-electron chi connectivity index (χ3n) is 3.26. The van der Waals surface area contributed by atoms with Crippen LogP contribution in [-0.2, 0) is 6.54 Å². The van der Waals surface area contributed by atoms with E-state index in [1.807, 2.05) is 30.3 Å². The van der Waals surface area contributed by atoms with Gasteiger partial charge in [0.1, 0.15) is 0 Å². The normalized spacial score (nSPS) is 25.9. The summed E-state index contributed by atoms with van der Waals surface area (Å²) in [7, 11) is 0. The number of rotatable bonds is 3. The molecule has 0 aromatic heterocycles. The molecule has 1 saturated carbocycles. The summed E-state index contributed by atoms with van der Waals surface area (Å²) in [6, 6.07) is 9.74. The van der Waals surface area contributed by atoms with Crippen LogP contribution in [0.4, 0.5) is 0 Å². The van der Waals surface area contributed by atoms with Gasteiger partial charge in [-0.1, -0.05) is 43.2 Å². The largest absolute Gasteiger partial charge is 0.391 e. The number of hydrogen-bond donors (Lipinski definition) is 2. The van der Waals surface area contributed by atoms with Gasteiger partial charge in [0.05, 0.1) is 12.1 Å². The van der Waals surface area contributed by atoms with Crippen LogP contribution in [0.3, 0.4) is 0 Å². The fourth-order valence-electron chi connectivity index (χ4n) is 2.33. The van der Waals surface area contributed by atoms with Gasteiger partial charge in [-0.05, 0) is 18.4 Å². The maximum Gasteiger partial charge on any atom is 0.0718 e. The third kappa shape index (κ3) is 2.82. The Labute approximate surface area is 96.3 Å². The summed E-state index contributed by atoms with van der Waals surface area (Å²) < 4.78 is 0. The van der Waals surface area contributed by atoms with Gasteiger partial charge in [-0.3, -0.25) is 0 Å². The van der Waals surface area contributed by atoms with Crippen molar-refractivity contribution in [3.8, 4) is 0 Å². The van der Waals surface area contributed by atoms with Crippen molar-refractivity contribution in [2.75, 3.05) is 0 Å². The molecule has 3 heteroatoms. The molecule has 1 aliphatic carbocycles. The van der Waals surface area contributed by atoms with Gasteiger partial charge in [-0.2, -0.15) is 5.06 Å². The molecule has 1 aromatic rings. The molecule has 0 spiro atoms. The zero-order valence-corrected chi connectivity index (χ0v) is 9.42. The molecule has 0 saturated heterocycles. The van der Waals surface area contributed by atoms with Crippen molar-refractivity contribution in [2.24, 2.45) is 0 Å². The Morgan fingerprint density at radius 1 is 1.12 bits per heavy atom. The number of nitrogens with zero attached hydrogens (tertiary/aromatic N) is 1. The van der Waals surface area contributed by atoms with Crippen LogP contribution in [0.1, 0.15) is 31.2 Å². The van der Waals surface area contributed by atoms with Crippen LogP contribution < -0.4 is 0 Å². The fraction of sp³-hybridized carbons (Fsp3) is 0.538. The topological polar surface area (TPSA) is 43.7 Å². The second kappa shape index (κ2) is 5.43. The zero-order chi connectivity index (χ0) is 11.4. The summed E-state index contributed by atoms with van der Waals surface area (Å²) in [5.41, 5.74) is 1.07. The van der Waals surface area contributed by atoms with E-state index in [0.717, 1.165) is 31.2 Å². The average Bonchev–Trinajstić information content (AvgIpc) is 2.31. The molecule has 16 heavy (non-hydrogen) atoms. The van der Waals surface area contributed by atoms with E-state index in [2.05, 4.69) is 0 Å².